The predicted molar refractivity (Wildman–Crippen MR) is 66.3 cm³/mol. The van der Waals surface area contributed by atoms with Gasteiger partial charge in [-0.15, -0.1) is 10.2 Å². The second-order valence-electron chi connectivity index (χ2n) is 4.20. The Kier molecular flexibility index (Phi) is 2.72. The van der Waals surface area contributed by atoms with Crippen molar-refractivity contribution in [2.24, 2.45) is 0 Å². The molecular weight excluding hydrogens is 268 g/mol. The van der Waals surface area contributed by atoms with Crippen molar-refractivity contribution in [2.45, 2.75) is 18.0 Å². The van der Waals surface area contributed by atoms with E-state index >= 15 is 0 Å². The molecule has 9 heteroatoms. The van der Waals surface area contributed by atoms with Gasteiger partial charge in [0.25, 0.3) is 0 Å². The van der Waals surface area contributed by atoms with Crippen LogP contribution in [0.1, 0.15) is 5.82 Å². The number of anilines is 1. The Hall–Kier alpha value is -2.00. The van der Waals surface area contributed by atoms with Crippen LogP contribution in [0.25, 0.3) is 0 Å². The number of rotatable bonds is 2. The Bertz CT molecular complexity index is 693. The van der Waals surface area contributed by atoms with Gasteiger partial charge < -0.3 is 10.3 Å². The van der Waals surface area contributed by atoms with Crippen molar-refractivity contribution >= 4 is 15.8 Å². The second-order valence-corrected chi connectivity index (χ2v) is 6.14. The van der Waals surface area contributed by atoms with Crippen molar-refractivity contribution < 1.29 is 8.42 Å². The molecule has 100 valence electrons. The predicted octanol–water partition coefficient (Wildman–Crippen LogP) is -0.540. The first kappa shape index (κ1) is 12.1. The van der Waals surface area contributed by atoms with E-state index in [0.717, 1.165) is 0 Å². The molecule has 8 nitrogen and oxygen atoms in total. The first-order valence-corrected chi connectivity index (χ1v) is 7.10. The number of sulfonamides is 1. The smallest absolute Gasteiger partial charge is 0.245 e. The molecule has 0 aliphatic carbocycles. The topological polar surface area (TPSA) is 107 Å². The lowest BCUT2D eigenvalue weighted by Crippen LogP contribution is -2.38. The quantitative estimate of drug-likeness (QED) is 0.791. The number of pyridine rings is 1. The third-order valence-corrected chi connectivity index (χ3v) is 4.83. The molecule has 0 spiro atoms. The van der Waals surface area contributed by atoms with Crippen LogP contribution in [0.15, 0.2) is 29.6 Å². The fraction of sp³-hybridized carbons (Fsp3) is 0.300. The van der Waals surface area contributed by atoms with Gasteiger partial charge >= 0.3 is 0 Å². The molecule has 0 radical (unpaired) electrons. The first-order valence-electron chi connectivity index (χ1n) is 5.66. The summed E-state index contributed by atoms with van der Waals surface area (Å²) in [6.45, 7) is 1.15. The lowest BCUT2D eigenvalue weighted by atomic mass is 10.4. The van der Waals surface area contributed by atoms with Crippen molar-refractivity contribution in [2.75, 3.05) is 12.3 Å². The van der Waals surface area contributed by atoms with Gasteiger partial charge in [0.15, 0.2) is 0 Å². The van der Waals surface area contributed by atoms with Gasteiger partial charge in [-0.2, -0.15) is 4.31 Å². The van der Waals surface area contributed by atoms with Crippen LogP contribution < -0.4 is 5.73 Å². The first-order chi connectivity index (χ1) is 9.07. The number of hydrogen-bond donors (Lipinski definition) is 1. The monoisotopic (exact) mass is 280 g/mol. The summed E-state index contributed by atoms with van der Waals surface area (Å²) in [6, 6.07) is 2.93. The summed E-state index contributed by atoms with van der Waals surface area (Å²) in [5.41, 5.74) is 5.46. The van der Waals surface area contributed by atoms with Gasteiger partial charge in [0, 0.05) is 19.3 Å². The molecule has 0 unspecified atom stereocenters. The Morgan fingerprint density at radius 3 is 2.84 bits per heavy atom. The van der Waals surface area contributed by atoms with E-state index < -0.39 is 10.0 Å². The van der Waals surface area contributed by atoms with E-state index in [1.165, 1.54) is 22.6 Å². The van der Waals surface area contributed by atoms with E-state index in [4.69, 9.17) is 5.73 Å². The summed E-state index contributed by atoms with van der Waals surface area (Å²) in [7, 11) is -3.57. The van der Waals surface area contributed by atoms with Crippen LogP contribution in [0, 0.1) is 0 Å². The van der Waals surface area contributed by atoms with Crippen LogP contribution in [-0.4, -0.2) is 39.0 Å². The Morgan fingerprint density at radius 2 is 2.11 bits per heavy atom. The minimum atomic E-state index is -3.57. The third kappa shape index (κ3) is 2.06. The summed E-state index contributed by atoms with van der Waals surface area (Å²) in [5.74, 6) is 0.926. The van der Waals surface area contributed by atoms with Crippen LogP contribution in [0.5, 0.6) is 0 Å². The highest BCUT2D eigenvalue weighted by atomic mass is 32.2. The molecule has 0 bridgehead atoms. The van der Waals surface area contributed by atoms with Crippen LogP contribution in [0.2, 0.25) is 0 Å². The largest absolute Gasteiger partial charge is 0.384 e. The zero-order chi connectivity index (χ0) is 13.5. The van der Waals surface area contributed by atoms with Gasteiger partial charge in [0.2, 0.25) is 10.0 Å². The van der Waals surface area contributed by atoms with Crippen molar-refractivity contribution in [1.82, 2.24) is 24.1 Å². The maximum Gasteiger partial charge on any atom is 0.245 e. The van der Waals surface area contributed by atoms with Crippen LogP contribution in [0.4, 0.5) is 5.82 Å². The number of fused-ring (bicyclic) bond motifs is 1. The van der Waals surface area contributed by atoms with E-state index in [1.54, 1.807) is 6.33 Å². The third-order valence-electron chi connectivity index (χ3n) is 3.00. The number of nitrogens with two attached hydrogens (primary N) is 1. The Labute approximate surface area is 109 Å². The maximum atomic E-state index is 12.4. The normalized spacial score (nSPS) is 16.2. The molecule has 0 amide bonds. The molecule has 0 atom stereocenters. The molecule has 0 saturated carbocycles. The molecular formula is C10H12N6O2S. The van der Waals surface area contributed by atoms with E-state index in [2.05, 4.69) is 15.2 Å². The lowest BCUT2D eigenvalue weighted by Gasteiger charge is -2.26. The molecule has 0 aromatic carbocycles. The molecule has 0 saturated heterocycles. The molecule has 2 N–H and O–H groups in total. The molecule has 1 aliphatic rings. The molecule has 19 heavy (non-hydrogen) atoms. The zero-order valence-corrected chi connectivity index (χ0v) is 10.8. The second kappa shape index (κ2) is 4.28. The Morgan fingerprint density at radius 1 is 1.26 bits per heavy atom. The van der Waals surface area contributed by atoms with E-state index in [1.807, 2.05) is 4.57 Å². The van der Waals surface area contributed by atoms with E-state index in [0.29, 0.717) is 18.9 Å². The number of hydrogen-bond acceptors (Lipinski definition) is 6. The van der Waals surface area contributed by atoms with Crippen molar-refractivity contribution in [1.29, 1.82) is 0 Å². The Balaban J connectivity index is 1.92. The highest BCUT2D eigenvalue weighted by molar-refractivity contribution is 7.89. The maximum absolute atomic E-state index is 12.4. The molecule has 3 heterocycles. The molecule has 3 rings (SSSR count). The molecule has 1 aliphatic heterocycles. The summed E-state index contributed by atoms with van der Waals surface area (Å²) >= 11 is 0. The van der Waals surface area contributed by atoms with Gasteiger partial charge in [-0.25, -0.2) is 13.4 Å². The number of nitrogen functional groups attached to an aromatic ring is 1. The van der Waals surface area contributed by atoms with Crippen LogP contribution in [0.3, 0.4) is 0 Å². The zero-order valence-electron chi connectivity index (χ0n) is 9.97. The lowest BCUT2D eigenvalue weighted by molar-refractivity contribution is 0.335. The molecule has 2 aromatic heterocycles. The van der Waals surface area contributed by atoms with Gasteiger partial charge in [0.05, 0.1) is 6.54 Å². The standard InChI is InChI=1S/C10H12N6O2S/c11-9-2-1-8(5-12-9)19(17,18)16-4-3-15-7-13-14-10(15)6-16/h1-2,5,7H,3-4,6H2,(H2,11,12). The summed E-state index contributed by atoms with van der Waals surface area (Å²) in [6.07, 6.45) is 2.87. The average Bonchev–Trinajstić information content (AvgIpc) is 2.86. The fourth-order valence-electron chi connectivity index (χ4n) is 1.94. The van der Waals surface area contributed by atoms with E-state index in [-0.39, 0.29) is 17.3 Å². The van der Waals surface area contributed by atoms with Gasteiger partial charge in [-0.3, -0.25) is 0 Å². The summed E-state index contributed by atoms with van der Waals surface area (Å²) in [5, 5.41) is 7.67. The summed E-state index contributed by atoms with van der Waals surface area (Å²) < 4.78 is 28.0. The summed E-state index contributed by atoms with van der Waals surface area (Å²) in [4.78, 5) is 3.95. The van der Waals surface area contributed by atoms with Crippen LogP contribution in [-0.2, 0) is 23.1 Å². The fourth-order valence-corrected chi connectivity index (χ4v) is 3.27. The minimum Gasteiger partial charge on any atom is -0.384 e. The van der Waals surface area contributed by atoms with Crippen molar-refractivity contribution in [3.05, 3.63) is 30.5 Å². The number of aromatic nitrogens is 4. The minimum absolute atomic E-state index is 0.134. The van der Waals surface area contributed by atoms with Crippen LogP contribution >= 0.6 is 0 Å². The SMILES string of the molecule is Nc1ccc(S(=O)(=O)N2CCn3cnnc3C2)cn1. The highest BCUT2D eigenvalue weighted by Crippen LogP contribution is 2.20. The molecule has 0 fully saturated rings. The highest BCUT2D eigenvalue weighted by Gasteiger charge is 2.29. The number of nitrogens with zero attached hydrogens (tertiary/aromatic N) is 5. The van der Waals surface area contributed by atoms with E-state index in [9.17, 15) is 8.42 Å². The van der Waals surface area contributed by atoms with Gasteiger partial charge in [-0.1, -0.05) is 0 Å². The van der Waals surface area contributed by atoms with Gasteiger partial charge in [0.1, 0.15) is 22.9 Å². The van der Waals surface area contributed by atoms with Crippen molar-refractivity contribution in [3.8, 4) is 0 Å². The average molecular weight is 280 g/mol. The van der Waals surface area contributed by atoms with Gasteiger partial charge in [-0.05, 0) is 12.1 Å². The molecule has 2 aromatic rings. The van der Waals surface area contributed by atoms with Crippen molar-refractivity contribution in [3.63, 3.8) is 0 Å².